The lowest BCUT2D eigenvalue weighted by atomic mass is 10.1. The van der Waals surface area contributed by atoms with Crippen LogP contribution in [-0.4, -0.2) is 23.5 Å². The van der Waals surface area contributed by atoms with Gasteiger partial charge in [-0.15, -0.1) is 0 Å². The maximum atomic E-state index is 11.5. The van der Waals surface area contributed by atoms with Gasteiger partial charge in [-0.25, -0.2) is 4.57 Å². The minimum Gasteiger partial charge on any atom is -0.403 e. The molecular formula is C11H16N2O4P+. The van der Waals surface area contributed by atoms with Crippen molar-refractivity contribution in [3.05, 3.63) is 30.0 Å². The molecule has 1 heterocycles. The summed E-state index contributed by atoms with van der Waals surface area (Å²) in [6.45, 7) is 0.738. The minimum atomic E-state index is -4.04. The summed E-state index contributed by atoms with van der Waals surface area (Å²) >= 11 is 0. The van der Waals surface area contributed by atoms with Gasteiger partial charge in [-0.3, -0.25) is 9.42 Å². The number of H-pyrrole nitrogens is 1. The van der Waals surface area contributed by atoms with Gasteiger partial charge in [0.1, 0.15) is 5.75 Å². The molecule has 98 valence electrons. The molecule has 0 fully saturated rings. The molecule has 2 rings (SSSR count). The quantitative estimate of drug-likeness (QED) is 0.708. The SMILES string of the molecule is COP(=O)(O)Oc1cccc2[nH]cc(CC[NH3+])c12. The number of benzene rings is 1. The van der Waals surface area contributed by atoms with Crippen molar-refractivity contribution in [1.29, 1.82) is 0 Å². The Labute approximate surface area is 104 Å². The summed E-state index contributed by atoms with van der Waals surface area (Å²) in [7, 11) is -2.91. The van der Waals surface area contributed by atoms with Gasteiger partial charge in [0.15, 0.2) is 0 Å². The third kappa shape index (κ3) is 2.57. The molecule has 1 aromatic heterocycles. The molecule has 18 heavy (non-hydrogen) atoms. The maximum Gasteiger partial charge on any atom is 0.527 e. The molecule has 0 bridgehead atoms. The van der Waals surface area contributed by atoms with Gasteiger partial charge >= 0.3 is 7.82 Å². The van der Waals surface area contributed by atoms with E-state index in [4.69, 9.17) is 4.52 Å². The zero-order valence-electron chi connectivity index (χ0n) is 10.0. The maximum absolute atomic E-state index is 11.5. The van der Waals surface area contributed by atoms with Crippen molar-refractivity contribution in [1.82, 2.24) is 4.98 Å². The predicted octanol–water partition coefficient (Wildman–Crippen LogP) is 1.08. The first-order valence-electron chi connectivity index (χ1n) is 5.54. The number of aromatic nitrogens is 1. The van der Waals surface area contributed by atoms with Gasteiger partial charge in [0.2, 0.25) is 0 Å². The molecule has 0 aliphatic heterocycles. The highest BCUT2D eigenvalue weighted by atomic mass is 31.2. The number of quaternary nitrogens is 1. The van der Waals surface area contributed by atoms with E-state index in [1.807, 2.05) is 12.3 Å². The number of aromatic amines is 1. The molecule has 1 aromatic carbocycles. The van der Waals surface area contributed by atoms with E-state index in [0.29, 0.717) is 5.75 Å². The number of phosphoric ester groups is 1. The summed E-state index contributed by atoms with van der Waals surface area (Å²) in [4.78, 5) is 12.5. The van der Waals surface area contributed by atoms with Gasteiger partial charge in [0.25, 0.3) is 0 Å². The third-order valence-corrected chi connectivity index (χ3v) is 3.53. The second-order valence-corrected chi connectivity index (χ2v) is 5.32. The van der Waals surface area contributed by atoms with Crippen LogP contribution in [0.4, 0.5) is 0 Å². The zero-order valence-corrected chi connectivity index (χ0v) is 10.9. The summed E-state index contributed by atoms with van der Waals surface area (Å²) in [5, 5.41) is 0.799. The van der Waals surface area contributed by atoms with Crippen molar-refractivity contribution in [2.75, 3.05) is 13.7 Å². The molecular weight excluding hydrogens is 255 g/mol. The number of hydrogen-bond donors (Lipinski definition) is 3. The molecule has 1 atom stereocenters. The van der Waals surface area contributed by atoms with E-state index in [1.54, 1.807) is 12.1 Å². The molecule has 0 aliphatic rings. The van der Waals surface area contributed by atoms with Crippen molar-refractivity contribution < 1.29 is 24.2 Å². The minimum absolute atomic E-state index is 0.338. The van der Waals surface area contributed by atoms with Crippen LogP contribution in [0.5, 0.6) is 5.75 Å². The van der Waals surface area contributed by atoms with E-state index in [1.165, 1.54) is 0 Å². The van der Waals surface area contributed by atoms with Crippen LogP contribution in [0.2, 0.25) is 0 Å². The first kappa shape index (κ1) is 13.1. The summed E-state index contributed by atoms with van der Waals surface area (Å²) in [5.41, 5.74) is 5.66. The van der Waals surface area contributed by atoms with Crippen LogP contribution in [0.15, 0.2) is 24.4 Å². The molecule has 0 amide bonds. The van der Waals surface area contributed by atoms with Crippen molar-refractivity contribution in [3.63, 3.8) is 0 Å². The Morgan fingerprint density at radius 1 is 1.50 bits per heavy atom. The molecule has 0 radical (unpaired) electrons. The fourth-order valence-corrected chi connectivity index (χ4v) is 2.32. The molecule has 0 spiro atoms. The molecule has 0 saturated heterocycles. The van der Waals surface area contributed by atoms with E-state index in [2.05, 4.69) is 15.2 Å². The molecule has 1 unspecified atom stereocenters. The lowest BCUT2D eigenvalue weighted by molar-refractivity contribution is -0.366. The van der Waals surface area contributed by atoms with Gasteiger partial charge in [0, 0.05) is 30.6 Å². The van der Waals surface area contributed by atoms with Crippen LogP contribution in [0.25, 0.3) is 10.9 Å². The van der Waals surface area contributed by atoms with Crippen LogP contribution >= 0.6 is 7.82 Å². The average Bonchev–Trinajstić information content (AvgIpc) is 2.74. The van der Waals surface area contributed by atoms with Gasteiger partial charge < -0.3 is 15.2 Å². The Balaban J connectivity index is 2.49. The fraction of sp³-hybridized carbons (Fsp3) is 0.273. The average molecular weight is 271 g/mol. The van der Waals surface area contributed by atoms with Crippen molar-refractivity contribution in [2.24, 2.45) is 0 Å². The van der Waals surface area contributed by atoms with E-state index in [0.717, 1.165) is 36.5 Å². The Kier molecular flexibility index (Phi) is 3.73. The Hall–Kier alpha value is -1.33. The van der Waals surface area contributed by atoms with Crippen LogP contribution < -0.4 is 10.3 Å². The number of nitrogens with one attached hydrogen (secondary N) is 1. The molecule has 5 N–H and O–H groups in total. The molecule has 7 heteroatoms. The molecule has 0 saturated carbocycles. The second-order valence-electron chi connectivity index (χ2n) is 3.84. The monoisotopic (exact) mass is 271 g/mol. The summed E-state index contributed by atoms with van der Waals surface area (Å²) in [6, 6.07) is 5.27. The zero-order chi connectivity index (χ0) is 13.2. The third-order valence-electron chi connectivity index (χ3n) is 2.64. The van der Waals surface area contributed by atoms with E-state index < -0.39 is 7.82 Å². The lowest BCUT2D eigenvalue weighted by Crippen LogP contribution is -2.51. The van der Waals surface area contributed by atoms with E-state index in [-0.39, 0.29) is 0 Å². The topological polar surface area (TPSA) is 99.2 Å². The Morgan fingerprint density at radius 3 is 2.94 bits per heavy atom. The van der Waals surface area contributed by atoms with Crippen LogP contribution in [0, 0.1) is 0 Å². The van der Waals surface area contributed by atoms with Gasteiger partial charge in [-0.1, -0.05) is 6.07 Å². The van der Waals surface area contributed by atoms with Crippen molar-refractivity contribution in [2.45, 2.75) is 6.42 Å². The van der Waals surface area contributed by atoms with E-state index >= 15 is 0 Å². The van der Waals surface area contributed by atoms with Gasteiger partial charge in [-0.05, 0) is 17.7 Å². The number of hydrogen-bond acceptors (Lipinski definition) is 3. The largest absolute Gasteiger partial charge is 0.527 e. The highest BCUT2D eigenvalue weighted by Crippen LogP contribution is 2.45. The van der Waals surface area contributed by atoms with Crippen molar-refractivity contribution in [3.8, 4) is 5.75 Å². The van der Waals surface area contributed by atoms with Crippen LogP contribution in [-0.2, 0) is 15.5 Å². The highest BCUT2D eigenvalue weighted by molar-refractivity contribution is 7.47. The number of fused-ring (bicyclic) bond motifs is 1. The number of rotatable bonds is 5. The smallest absolute Gasteiger partial charge is 0.403 e. The molecule has 0 aliphatic carbocycles. The first-order valence-corrected chi connectivity index (χ1v) is 7.03. The van der Waals surface area contributed by atoms with Crippen LogP contribution in [0.1, 0.15) is 5.56 Å². The van der Waals surface area contributed by atoms with Gasteiger partial charge in [0.05, 0.1) is 6.54 Å². The standard InChI is InChI=1S/C11H15N2O4P/c1-16-18(14,15)17-10-4-2-3-9-11(10)8(5-6-12)7-13-9/h2-4,7,13H,5-6,12H2,1H3,(H,14,15)/p+1. The summed E-state index contributed by atoms with van der Waals surface area (Å²) in [6.07, 6.45) is 2.63. The van der Waals surface area contributed by atoms with Crippen LogP contribution in [0.3, 0.4) is 0 Å². The normalized spacial score (nSPS) is 14.6. The van der Waals surface area contributed by atoms with Gasteiger partial charge in [-0.2, -0.15) is 0 Å². The Morgan fingerprint density at radius 2 is 2.28 bits per heavy atom. The van der Waals surface area contributed by atoms with Crippen molar-refractivity contribution >= 4 is 18.7 Å². The Bertz CT molecular complexity index is 596. The second kappa shape index (κ2) is 5.12. The summed E-state index contributed by atoms with van der Waals surface area (Å²) < 4.78 is 21.0. The number of phosphoric acid groups is 1. The molecule has 6 nitrogen and oxygen atoms in total. The summed E-state index contributed by atoms with van der Waals surface area (Å²) in [5.74, 6) is 0.338. The van der Waals surface area contributed by atoms with E-state index in [9.17, 15) is 9.46 Å². The lowest BCUT2D eigenvalue weighted by Gasteiger charge is -2.11. The first-order chi connectivity index (χ1) is 8.57. The fourth-order valence-electron chi connectivity index (χ4n) is 1.84. The predicted molar refractivity (Wildman–Crippen MR) is 67.2 cm³/mol. The molecule has 2 aromatic rings. The highest BCUT2D eigenvalue weighted by Gasteiger charge is 2.22.